The van der Waals surface area contributed by atoms with E-state index in [1.807, 2.05) is 0 Å². The van der Waals surface area contributed by atoms with E-state index in [2.05, 4.69) is 0 Å². The molecule has 3 nitrogen and oxygen atoms in total. The molecular formula is C14H10ClFO3. The first-order valence-electron chi connectivity index (χ1n) is 5.47. The first-order chi connectivity index (χ1) is 9.08. The Morgan fingerprint density at radius 1 is 1.21 bits per heavy atom. The zero-order valence-electron chi connectivity index (χ0n) is 9.77. The van der Waals surface area contributed by atoms with Gasteiger partial charge in [-0.2, -0.15) is 0 Å². The number of halogens is 2. The summed E-state index contributed by atoms with van der Waals surface area (Å²) < 4.78 is 18.9. The van der Waals surface area contributed by atoms with Crippen LogP contribution >= 0.6 is 11.6 Å². The highest BCUT2D eigenvalue weighted by Crippen LogP contribution is 2.21. The van der Waals surface area contributed by atoms with E-state index in [-0.39, 0.29) is 17.7 Å². The molecule has 98 valence electrons. The van der Waals surface area contributed by atoms with Gasteiger partial charge in [0.05, 0.1) is 10.6 Å². The highest BCUT2D eigenvalue weighted by Gasteiger charge is 2.08. The zero-order chi connectivity index (χ0) is 13.8. The van der Waals surface area contributed by atoms with Gasteiger partial charge in [0, 0.05) is 5.56 Å². The summed E-state index contributed by atoms with van der Waals surface area (Å²) in [6.07, 6.45) is 0. The lowest BCUT2D eigenvalue weighted by Crippen LogP contribution is -2.00. The Hall–Kier alpha value is -2.07. The number of aromatic carboxylic acids is 1. The van der Waals surface area contributed by atoms with Crippen LogP contribution in [0.1, 0.15) is 15.9 Å². The minimum Gasteiger partial charge on any atom is -0.489 e. The Labute approximate surface area is 114 Å². The fraction of sp³-hybridized carbons (Fsp3) is 0.0714. The Morgan fingerprint density at radius 2 is 1.89 bits per heavy atom. The molecule has 0 saturated carbocycles. The minimum absolute atomic E-state index is 0.0159. The fourth-order valence-electron chi connectivity index (χ4n) is 1.52. The highest BCUT2D eigenvalue weighted by atomic mass is 35.5. The van der Waals surface area contributed by atoms with Crippen molar-refractivity contribution in [1.29, 1.82) is 0 Å². The molecule has 0 fully saturated rings. The number of carboxylic acids is 1. The lowest BCUT2D eigenvalue weighted by Gasteiger charge is -2.08. The normalized spacial score (nSPS) is 10.2. The number of hydrogen-bond donors (Lipinski definition) is 1. The summed E-state index contributed by atoms with van der Waals surface area (Å²) in [6.45, 7) is -0.0159. The van der Waals surface area contributed by atoms with Gasteiger partial charge in [0.2, 0.25) is 0 Å². The van der Waals surface area contributed by atoms with Crippen LogP contribution in [-0.2, 0) is 6.61 Å². The number of rotatable bonds is 4. The third-order valence-corrected chi connectivity index (χ3v) is 2.90. The summed E-state index contributed by atoms with van der Waals surface area (Å²) in [7, 11) is 0. The molecule has 0 unspecified atom stereocenters. The zero-order valence-corrected chi connectivity index (χ0v) is 10.5. The van der Waals surface area contributed by atoms with Crippen LogP contribution in [0.25, 0.3) is 0 Å². The second-order valence-corrected chi connectivity index (χ2v) is 4.23. The van der Waals surface area contributed by atoms with Crippen LogP contribution in [0.4, 0.5) is 4.39 Å². The largest absolute Gasteiger partial charge is 0.489 e. The Morgan fingerprint density at radius 3 is 2.47 bits per heavy atom. The maximum atomic E-state index is 13.5. The van der Waals surface area contributed by atoms with Crippen LogP contribution in [0.3, 0.4) is 0 Å². The topological polar surface area (TPSA) is 46.5 Å². The number of benzene rings is 2. The van der Waals surface area contributed by atoms with Crippen molar-refractivity contribution in [2.75, 3.05) is 0 Å². The summed E-state index contributed by atoms with van der Waals surface area (Å²) in [5, 5.41) is 9.04. The van der Waals surface area contributed by atoms with Gasteiger partial charge in [0.1, 0.15) is 18.2 Å². The third kappa shape index (κ3) is 3.23. The molecular weight excluding hydrogens is 271 g/mol. The van der Waals surface area contributed by atoms with E-state index in [4.69, 9.17) is 21.4 Å². The molecule has 0 aliphatic rings. The summed E-state index contributed by atoms with van der Waals surface area (Å²) in [4.78, 5) is 10.7. The molecule has 5 heteroatoms. The van der Waals surface area contributed by atoms with Crippen molar-refractivity contribution in [2.45, 2.75) is 6.61 Å². The van der Waals surface area contributed by atoms with Crippen LogP contribution < -0.4 is 4.74 Å². The molecule has 0 radical (unpaired) electrons. The molecule has 19 heavy (non-hydrogen) atoms. The number of ether oxygens (including phenoxy) is 1. The van der Waals surface area contributed by atoms with Crippen LogP contribution in [0.15, 0.2) is 42.5 Å². The van der Waals surface area contributed by atoms with Crippen molar-refractivity contribution in [3.05, 3.63) is 64.4 Å². The van der Waals surface area contributed by atoms with Crippen molar-refractivity contribution >= 4 is 17.6 Å². The Kier molecular flexibility index (Phi) is 4.02. The van der Waals surface area contributed by atoms with Gasteiger partial charge < -0.3 is 9.84 Å². The van der Waals surface area contributed by atoms with E-state index in [1.54, 1.807) is 6.07 Å². The molecule has 2 rings (SSSR count). The molecule has 0 amide bonds. The molecule has 2 aromatic rings. The van der Waals surface area contributed by atoms with Gasteiger partial charge in [0.15, 0.2) is 0 Å². The molecule has 0 saturated heterocycles. The first kappa shape index (κ1) is 13.4. The van der Waals surface area contributed by atoms with Crippen LogP contribution in [-0.4, -0.2) is 11.1 Å². The summed E-state index contributed by atoms with van der Waals surface area (Å²) >= 11 is 5.86. The van der Waals surface area contributed by atoms with Crippen molar-refractivity contribution in [1.82, 2.24) is 0 Å². The monoisotopic (exact) mass is 280 g/mol. The van der Waals surface area contributed by atoms with Crippen LogP contribution in [0.2, 0.25) is 5.02 Å². The predicted molar refractivity (Wildman–Crippen MR) is 69.1 cm³/mol. The Bertz CT molecular complexity index is 576. The summed E-state index contributed by atoms with van der Waals surface area (Å²) in [5.41, 5.74) is 0.433. The average molecular weight is 281 g/mol. The summed E-state index contributed by atoms with van der Waals surface area (Å²) in [6, 6.07) is 10.3. The van der Waals surface area contributed by atoms with E-state index in [1.165, 1.54) is 36.4 Å². The quantitative estimate of drug-likeness (QED) is 0.927. The van der Waals surface area contributed by atoms with E-state index in [9.17, 15) is 9.18 Å². The van der Waals surface area contributed by atoms with Crippen LogP contribution in [0, 0.1) is 5.82 Å². The predicted octanol–water partition coefficient (Wildman–Crippen LogP) is 3.76. The second-order valence-electron chi connectivity index (χ2n) is 3.82. The van der Waals surface area contributed by atoms with Gasteiger partial charge in [-0.3, -0.25) is 0 Å². The molecule has 0 atom stereocenters. The molecule has 0 aliphatic carbocycles. The minimum atomic E-state index is -1.01. The average Bonchev–Trinajstić information content (AvgIpc) is 2.38. The van der Waals surface area contributed by atoms with Gasteiger partial charge in [-0.25, -0.2) is 9.18 Å². The molecule has 0 aromatic heterocycles. The van der Waals surface area contributed by atoms with Crippen molar-refractivity contribution < 1.29 is 19.0 Å². The van der Waals surface area contributed by atoms with E-state index in [0.29, 0.717) is 10.8 Å². The number of carboxylic acid groups (broad SMARTS) is 1. The van der Waals surface area contributed by atoms with Crippen molar-refractivity contribution in [3.8, 4) is 5.75 Å². The van der Waals surface area contributed by atoms with Gasteiger partial charge in [-0.1, -0.05) is 17.7 Å². The highest BCUT2D eigenvalue weighted by molar-refractivity contribution is 6.31. The van der Waals surface area contributed by atoms with E-state index in [0.717, 1.165) is 0 Å². The standard InChI is InChI=1S/C14H10ClFO3/c15-12-2-1-3-13(16)11(12)8-19-10-6-4-9(5-7-10)14(17)18/h1-7H,8H2,(H,17,18). The number of hydrogen-bond acceptors (Lipinski definition) is 2. The maximum absolute atomic E-state index is 13.5. The molecule has 0 bridgehead atoms. The SMILES string of the molecule is O=C(O)c1ccc(OCc2c(F)cccc2Cl)cc1. The Balaban J connectivity index is 2.08. The molecule has 0 spiro atoms. The van der Waals surface area contributed by atoms with Gasteiger partial charge in [-0.05, 0) is 36.4 Å². The van der Waals surface area contributed by atoms with Crippen LogP contribution in [0.5, 0.6) is 5.75 Å². The fourth-order valence-corrected chi connectivity index (χ4v) is 1.74. The van der Waals surface area contributed by atoms with Gasteiger partial charge in [0.25, 0.3) is 0 Å². The maximum Gasteiger partial charge on any atom is 0.335 e. The summed E-state index contributed by atoms with van der Waals surface area (Å²) in [5.74, 6) is -0.998. The van der Waals surface area contributed by atoms with E-state index < -0.39 is 11.8 Å². The second kappa shape index (κ2) is 5.71. The first-order valence-corrected chi connectivity index (χ1v) is 5.85. The lowest BCUT2D eigenvalue weighted by atomic mass is 10.2. The van der Waals surface area contributed by atoms with Crippen molar-refractivity contribution in [2.24, 2.45) is 0 Å². The van der Waals surface area contributed by atoms with E-state index >= 15 is 0 Å². The lowest BCUT2D eigenvalue weighted by molar-refractivity contribution is 0.0697. The van der Waals surface area contributed by atoms with Gasteiger partial charge >= 0.3 is 5.97 Å². The molecule has 0 heterocycles. The molecule has 1 N–H and O–H groups in total. The number of carbonyl (C=O) groups is 1. The van der Waals surface area contributed by atoms with Crippen molar-refractivity contribution in [3.63, 3.8) is 0 Å². The smallest absolute Gasteiger partial charge is 0.335 e. The molecule has 0 aliphatic heterocycles. The third-order valence-electron chi connectivity index (χ3n) is 2.55. The molecule has 2 aromatic carbocycles. The van der Waals surface area contributed by atoms with Gasteiger partial charge in [-0.15, -0.1) is 0 Å².